The second-order valence-electron chi connectivity index (χ2n) is 5.16. The maximum Gasteiger partial charge on any atom is 0.268 e. The second-order valence-corrected chi connectivity index (χ2v) is 6.08. The van der Waals surface area contributed by atoms with E-state index in [-0.39, 0.29) is 11.6 Å². The summed E-state index contributed by atoms with van der Waals surface area (Å²) in [5.74, 6) is 0.671. The lowest BCUT2D eigenvalue weighted by molar-refractivity contribution is 0.559. The third kappa shape index (κ3) is 3.04. The average Bonchev–Trinajstić information content (AvgIpc) is 2.94. The maximum absolute atomic E-state index is 11.9. The molecule has 0 bridgehead atoms. The normalized spacial score (nSPS) is 12.7. The van der Waals surface area contributed by atoms with Crippen molar-refractivity contribution in [2.75, 3.05) is 0 Å². The van der Waals surface area contributed by atoms with Crippen LogP contribution in [0.2, 0.25) is 0 Å². The van der Waals surface area contributed by atoms with Gasteiger partial charge in [0.05, 0.1) is 12.1 Å². The Morgan fingerprint density at radius 3 is 2.81 bits per heavy atom. The summed E-state index contributed by atoms with van der Waals surface area (Å²) in [5.41, 5.74) is 3.18. The lowest BCUT2D eigenvalue weighted by Gasteiger charge is -2.14. The molecule has 0 fully saturated rings. The number of H-pyrrole nitrogens is 1. The number of aromatic nitrogens is 2. The van der Waals surface area contributed by atoms with Crippen molar-refractivity contribution >= 4 is 21.6 Å². The van der Waals surface area contributed by atoms with Gasteiger partial charge in [0.15, 0.2) is 0 Å². The number of nitrogens with one attached hydrogen (secondary N) is 2. The van der Waals surface area contributed by atoms with Crippen LogP contribution in [0.25, 0.3) is 10.2 Å². The summed E-state index contributed by atoms with van der Waals surface area (Å²) in [4.78, 5) is 19.2. The van der Waals surface area contributed by atoms with Crippen molar-refractivity contribution in [1.82, 2.24) is 15.3 Å². The molecule has 0 spiro atoms. The lowest BCUT2D eigenvalue weighted by Crippen LogP contribution is -2.21. The van der Waals surface area contributed by atoms with Crippen molar-refractivity contribution in [2.24, 2.45) is 0 Å². The molecule has 0 unspecified atom stereocenters. The summed E-state index contributed by atoms with van der Waals surface area (Å²) >= 11 is 1.42. The van der Waals surface area contributed by atoms with E-state index < -0.39 is 0 Å². The molecule has 0 saturated carbocycles. The molecule has 0 aliphatic rings. The third-order valence-electron chi connectivity index (χ3n) is 3.52. The highest BCUT2D eigenvalue weighted by Gasteiger charge is 2.08. The summed E-state index contributed by atoms with van der Waals surface area (Å²) in [6.07, 6.45) is 0. The molecule has 4 nitrogen and oxygen atoms in total. The van der Waals surface area contributed by atoms with Gasteiger partial charge >= 0.3 is 0 Å². The Labute approximate surface area is 126 Å². The molecule has 1 atom stereocenters. The van der Waals surface area contributed by atoms with E-state index in [2.05, 4.69) is 53.4 Å². The van der Waals surface area contributed by atoms with Gasteiger partial charge in [-0.2, -0.15) is 0 Å². The molecular formula is C16H17N3OS. The van der Waals surface area contributed by atoms with Crippen molar-refractivity contribution < 1.29 is 0 Å². The number of aryl methyl sites for hydroxylation is 1. The maximum atomic E-state index is 11.9. The summed E-state index contributed by atoms with van der Waals surface area (Å²) in [6, 6.07) is 10.5. The van der Waals surface area contributed by atoms with E-state index in [4.69, 9.17) is 0 Å². The average molecular weight is 299 g/mol. The van der Waals surface area contributed by atoms with Crippen molar-refractivity contribution in [2.45, 2.75) is 26.4 Å². The minimum atomic E-state index is -0.0604. The molecule has 0 radical (unpaired) electrons. The Hall–Kier alpha value is -1.98. The summed E-state index contributed by atoms with van der Waals surface area (Å²) in [6.45, 7) is 4.72. The highest BCUT2D eigenvalue weighted by Crippen LogP contribution is 2.15. The number of fused-ring (bicyclic) bond motifs is 1. The minimum Gasteiger partial charge on any atom is -0.308 e. The van der Waals surface area contributed by atoms with Crippen LogP contribution in [0.4, 0.5) is 0 Å². The van der Waals surface area contributed by atoms with Crippen molar-refractivity contribution in [3.05, 3.63) is 63.0 Å². The highest BCUT2D eigenvalue weighted by atomic mass is 32.1. The van der Waals surface area contributed by atoms with Crippen LogP contribution < -0.4 is 10.9 Å². The quantitative estimate of drug-likeness (QED) is 0.778. The van der Waals surface area contributed by atoms with Crippen LogP contribution in [0.5, 0.6) is 0 Å². The predicted molar refractivity (Wildman–Crippen MR) is 86.7 cm³/mol. The SMILES string of the molecule is Cc1ccc([C@@H](C)NCc2nc3ccsc3c(=O)[nH]2)cc1. The van der Waals surface area contributed by atoms with Crippen LogP contribution in [-0.2, 0) is 6.54 Å². The lowest BCUT2D eigenvalue weighted by atomic mass is 10.1. The molecule has 5 heteroatoms. The molecule has 0 saturated heterocycles. The predicted octanol–water partition coefficient (Wildman–Crippen LogP) is 3.14. The molecule has 3 rings (SSSR count). The van der Waals surface area contributed by atoms with Gasteiger partial charge in [-0.1, -0.05) is 29.8 Å². The zero-order chi connectivity index (χ0) is 14.8. The Morgan fingerprint density at radius 2 is 2.05 bits per heavy atom. The van der Waals surface area contributed by atoms with Gasteiger partial charge < -0.3 is 10.3 Å². The van der Waals surface area contributed by atoms with E-state index in [1.54, 1.807) is 0 Å². The number of nitrogens with zero attached hydrogens (tertiary/aromatic N) is 1. The zero-order valence-electron chi connectivity index (χ0n) is 12.0. The minimum absolute atomic E-state index is 0.0604. The first kappa shape index (κ1) is 14.0. The van der Waals surface area contributed by atoms with Crippen LogP contribution in [0.3, 0.4) is 0 Å². The van der Waals surface area contributed by atoms with Crippen LogP contribution in [0, 0.1) is 6.92 Å². The van der Waals surface area contributed by atoms with Gasteiger partial charge in [-0.15, -0.1) is 11.3 Å². The summed E-state index contributed by atoms with van der Waals surface area (Å²) in [7, 11) is 0. The number of rotatable bonds is 4. The van der Waals surface area contributed by atoms with E-state index >= 15 is 0 Å². The van der Waals surface area contributed by atoms with E-state index in [1.165, 1.54) is 22.5 Å². The van der Waals surface area contributed by atoms with Gasteiger partial charge in [0, 0.05) is 6.04 Å². The molecule has 21 heavy (non-hydrogen) atoms. The number of thiophene rings is 1. The molecule has 108 valence electrons. The number of hydrogen-bond donors (Lipinski definition) is 2. The number of hydrogen-bond acceptors (Lipinski definition) is 4. The number of benzene rings is 1. The fraction of sp³-hybridized carbons (Fsp3) is 0.250. The molecule has 2 N–H and O–H groups in total. The largest absolute Gasteiger partial charge is 0.308 e. The van der Waals surface area contributed by atoms with Gasteiger partial charge in [0.2, 0.25) is 0 Å². The van der Waals surface area contributed by atoms with Gasteiger partial charge in [-0.25, -0.2) is 4.98 Å². The van der Waals surface area contributed by atoms with Gasteiger partial charge in [-0.05, 0) is 30.9 Å². The highest BCUT2D eigenvalue weighted by molar-refractivity contribution is 7.17. The van der Waals surface area contributed by atoms with Crippen molar-refractivity contribution in [3.8, 4) is 0 Å². The monoisotopic (exact) mass is 299 g/mol. The van der Waals surface area contributed by atoms with Crippen molar-refractivity contribution in [1.29, 1.82) is 0 Å². The molecule has 1 aromatic carbocycles. The molecule has 2 aromatic heterocycles. The molecule has 0 aliphatic carbocycles. The van der Waals surface area contributed by atoms with E-state index in [0.29, 0.717) is 17.1 Å². The first-order valence-electron chi connectivity index (χ1n) is 6.90. The first-order chi connectivity index (χ1) is 10.1. The van der Waals surface area contributed by atoms with Gasteiger partial charge in [-0.3, -0.25) is 4.79 Å². The molecule has 0 aliphatic heterocycles. The van der Waals surface area contributed by atoms with Crippen molar-refractivity contribution in [3.63, 3.8) is 0 Å². The van der Waals surface area contributed by atoms with Crippen LogP contribution >= 0.6 is 11.3 Å². The van der Waals surface area contributed by atoms with Crippen LogP contribution in [0.15, 0.2) is 40.5 Å². The third-order valence-corrected chi connectivity index (χ3v) is 4.42. The van der Waals surface area contributed by atoms with Crippen LogP contribution in [-0.4, -0.2) is 9.97 Å². The van der Waals surface area contributed by atoms with Gasteiger partial charge in [0.1, 0.15) is 10.5 Å². The Balaban J connectivity index is 1.73. The van der Waals surface area contributed by atoms with E-state index in [0.717, 1.165) is 5.52 Å². The Kier molecular flexibility index (Phi) is 3.86. The smallest absolute Gasteiger partial charge is 0.268 e. The topological polar surface area (TPSA) is 57.8 Å². The fourth-order valence-corrected chi connectivity index (χ4v) is 2.95. The molecule has 2 heterocycles. The molecule has 3 aromatic rings. The van der Waals surface area contributed by atoms with Gasteiger partial charge in [0.25, 0.3) is 5.56 Å². The Bertz CT molecular complexity index is 804. The zero-order valence-corrected chi connectivity index (χ0v) is 12.8. The van der Waals surface area contributed by atoms with E-state index in [1.807, 2.05) is 11.4 Å². The summed E-state index contributed by atoms with van der Waals surface area (Å²) < 4.78 is 0.685. The van der Waals surface area contributed by atoms with Crippen LogP contribution in [0.1, 0.15) is 29.9 Å². The standard InChI is InChI=1S/C16H17N3OS/c1-10-3-5-12(6-4-10)11(2)17-9-14-18-13-7-8-21-15(13)16(20)19-14/h3-8,11,17H,9H2,1-2H3,(H,18,19,20)/t11-/m1/s1. The summed E-state index contributed by atoms with van der Waals surface area (Å²) in [5, 5.41) is 5.28. The molecular weight excluding hydrogens is 282 g/mol. The van der Waals surface area contributed by atoms with E-state index in [9.17, 15) is 4.79 Å². The first-order valence-corrected chi connectivity index (χ1v) is 7.78. The molecule has 0 amide bonds. The fourth-order valence-electron chi connectivity index (χ4n) is 2.23. The number of aromatic amines is 1. The Morgan fingerprint density at radius 1 is 1.29 bits per heavy atom. The second kappa shape index (κ2) is 5.79.